The number of hydrogen-bond donors (Lipinski definition) is 0. The summed E-state index contributed by atoms with van der Waals surface area (Å²) in [5.41, 5.74) is 0.800. The molecule has 0 spiro atoms. The number of benzene rings is 1. The van der Waals surface area contributed by atoms with Gasteiger partial charge in [0.15, 0.2) is 11.5 Å². The van der Waals surface area contributed by atoms with Gasteiger partial charge in [-0.1, -0.05) is 25.8 Å². The highest BCUT2D eigenvalue weighted by Gasteiger charge is 2.34. The number of nitrogens with zero attached hydrogens (tertiary/aromatic N) is 1. The van der Waals surface area contributed by atoms with Gasteiger partial charge in [-0.05, 0) is 48.9 Å². The summed E-state index contributed by atoms with van der Waals surface area (Å²) in [6.07, 6.45) is 4.64. The van der Waals surface area contributed by atoms with Crippen molar-refractivity contribution < 1.29 is 19.1 Å². The Morgan fingerprint density at radius 3 is 2.62 bits per heavy atom. The summed E-state index contributed by atoms with van der Waals surface area (Å²) in [6.45, 7) is 5.03. The van der Waals surface area contributed by atoms with Crippen molar-refractivity contribution in [3.05, 3.63) is 28.7 Å². The molecule has 5 nitrogen and oxygen atoms in total. The molecule has 1 aliphatic heterocycles. The molecule has 0 unspecified atom stereocenters. The van der Waals surface area contributed by atoms with Gasteiger partial charge in [0.2, 0.25) is 0 Å². The van der Waals surface area contributed by atoms with Crippen LogP contribution in [0.15, 0.2) is 23.1 Å². The lowest BCUT2D eigenvalue weighted by molar-refractivity contribution is -0.122. The molecule has 2 rings (SSSR count). The predicted octanol–water partition coefficient (Wildman–Crippen LogP) is 4.32. The van der Waals surface area contributed by atoms with Crippen molar-refractivity contribution in [2.24, 2.45) is 0 Å². The third-order valence-electron chi connectivity index (χ3n) is 3.64. The lowest BCUT2D eigenvalue weighted by Crippen LogP contribution is -2.29. The van der Waals surface area contributed by atoms with Crippen LogP contribution in [0.25, 0.3) is 6.08 Å². The van der Waals surface area contributed by atoms with E-state index in [0.29, 0.717) is 29.6 Å². The van der Waals surface area contributed by atoms with Crippen molar-refractivity contribution in [1.82, 2.24) is 4.90 Å². The average molecular weight is 349 g/mol. The van der Waals surface area contributed by atoms with Crippen molar-refractivity contribution >= 4 is 29.0 Å². The van der Waals surface area contributed by atoms with E-state index in [1.807, 2.05) is 13.0 Å². The summed E-state index contributed by atoms with van der Waals surface area (Å²) in [6, 6.07) is 5.45. The van der Waals surface area contributed by atoms with Gasteiger partial charge in [-0.25, -0.2) is 0 Å². The van der Waals surface area contributed by atoms with Gasteiger partial charge in [0, 0.05) is 6.54 Å². The minimum atomic E-state index is -0.214. The SMILES string of the molecule is CCCCCN1C(=O)S/C(=C\c2ccc(OCC)c(OC)c2)C1=O. The van der Waals surface area contributed by atoms with Crippen LogP contribution in [-0.4, -0.2) is 36.3 Å². The first kappa shape index (κ1) is 18.4. The average Bonchev–Trinajstić information content (AvgIpc) is 2.84. The molecule has 0 aromatic heterocycles. The second-order valence-corrected chi connectivity index (χ2v) is 6.38. The van der Waals surface area contributed by atoms with E-state index < -0.39 is 0 Å². The molecule has 1 fully saturated rings. The van der Waals surface area contributed by atoms with Gasteiger partial charge >= 0.3 is 0 Å². The smallest absolute Gasteiger partial charge is 0.293 e. The van der Waals surface area contributed by atoms with Gasteiger partial charge in [0.1, 0.15) is 0 Å². The van der Waals surface area contributed by atoms with Crippen molar-refractivity contribution in [3.8, 4) is 11.5 Å². The molecule has 1 heterocycles. The number of hydrogen-bond acceptors (Lipinski definition) is 5. The van der Waals surface area contributed by atoms with Crippen LogP contribution in [0.1, 0.15) is 38.7 Å². The number of ether oxygens (including phenoxy) is 2. The molecule has 0 N–H and O–H groups in total. The van der Waals surface area contributed by atoms with Crippen molar-refractivity contribution in [2.75, 3.05) is 20.3 Å². The number of carbonyl (C=O) groups is 2. The van der Waals surface area contributed by atoms with Gasteiger partial charge in [-0.2, -0.15) is 0 Å². The van der Waals surface area contributed by atoms with Crippen LogP contribution >= 0.6 is 11.8 Å². The standard InChI is InChI=1S/C18H23NO4S/c1-4-6-7-10-19-17(20)16(24-18(19)21)12-13-8-9-14(23-5-2)15(11-13)22-3/h8-9,11-12H,4-7,10H2,1-3H3/b16-12-. The first-order chi connectivity index (χ1) is 11.6. The normalized spacial score (nSPS) is 16.1. The number of thioether (sulfide) groups is 1. The summed E-state index contributed by atoms with van der Waals surface area (Å²) in [5.74, 6) is 1.05. The second-order valence-electron chi connectivity index (χ2n) is 5.38. The molecule has 0 aliphatic carbocycles. The molecule has 2 amide bonds. The first-order valence-electron chi connectivity index (χ1n) is 8.16. The second kappa shape index (κ2) is 8.78. The van der Waals surface area contributed by atoms with E-state index in [1.54, 1.807) is 25.3 Å². The molecule has 1 aromatic carbocycles. The number of unbranched alkanes of at least 4 members (excludes halogenated alkanes) is 2. The van der Waals surface area contributed by atoms with Gasteiger partial charge in [-0.3, -0.25) is 14.5 Å². The van der Waals surface area contributed by atoms with Crippen LogP contribution in [0.4, 0.5) is 4.79 Å². The number of amides is 2. The lowest BCUT2D eigenvalue weighted by Gasteiger charge is -2.11. The van der Waals surface area contributed by atoms with Crippen molar-refractivity contribution in [1.29, 1.82) is 0 Å². The Morgan fingerprint density at radius 2 is 1.96 bits per heavy atom. The zero-order chi connectivity index (χ0) is 17.5. The predicted molar refractivity (Wildman–Crippen MR) is 96.4 cm³/mol. The zero-order valence-electron chi connectivity index (χ0n) is 14.3. The molecule has 130 valence electrons. The molecule has 0 bridgehead atoms. The van der Waals surface area contributed by atoms with Crippen LogP contribution in [0, 0.1) is 0 Å². The van der Waals surface area contributed by atoms with Crippen LogP contribution in [0.3, 0.4) is 0 Å². The summed E-state index contributed by atoms with van der Waals surface area (Å²) >= 11 is 0.989. The molecule has 1 aliphatic rings. The van der Waals surface area contributed by atoms with E-state index >= 15 is 0 Å². The Kier molecular flexibility index (Phi) is 6.73. The fraction of sp³-hybridized carbons (Fsp3) is 0.444. The number of methoxy groups -OCH3 is 1. The molecule has 6 heteroatoms. The maximum atomic E-state index is 12.4. The maximum Gasteiger partial charge on any atom is 0.293 e. The topological polar surface area (TPSA) is 55.8 Å². The molecule has 0 atom stereocenters. The number of rotatable bonds is 8. The van der Waals surface area contributed by atoms with Gasteiger partial charge in [0.25, 0.3) is 11.1 Å². The lowest BCUT2D eigenvalue weighted by atomic mass is 10.2. The van der Waals surface area contributed by atoms with Crippen molar-refractivity contribution in [2.45, 2.75) is 33.1 Å². The highest BCUT2D eigenvalue weighted by molar-refractivity contribution is 8.18. The third-order valence-corrected chi connectivity index (χ3v) is 4.55. The third kappa shape index (κ3) is 4.32. The Labute approximate surface area is 147 Å². The van der Waals surface area contributed by atoms with Crippen LogP contribution < -0.4 is 9.47 Å². The van der Waals surface area contributed by atoms with E-state index in [2.05, 4.69) is 6.92 Å². The van der Waals surface area contributed by atoms with Crippen LogP contribution in [-0.2, 0) is 4.79 Å². The Morgan fingerprint density at radius 1 is 1.17 bits per heavy atom. The summed E-state index contributed by atoms with van der Waals surface area (Å²) in [5, 5.41) is -0.194. The molecule has 1 aromatic rings. The quantitative estimate of drug-likeness (QED) is 0.517. The Hall–Kier alpha value is -1.95. The highest BCUT2D eigenvalue weighted by atomic mass is 32.2. The van der Waals surface area contributed by atoms with Gasteiger partial charge in [-0.15, -0.1) is 0 Å². The zero-order valence-corrected chi connectivity index (χ0v) is 15.1. The highest BCUT2D eigenvalue weighted by Crippen LogP contribution is 2.34. The minimum Gasteiger partial charge on any atom is -0.493 e. The molecule has 0 saturated carbocycles. The van der Waals surface area contributed by atoms with Gasteiger partial charge < -0.3 is 9.47 Å². The Balaban J connectivity index is 2.16. The fourth-order valence-electron chi connectivity index (χ4n) is 2.41. The van der Waals surface area contributed by atoms with Crippen LogP contribution in [0.2, 0.25) is 0 Å². The number of carbonyl (C=O) groups excluding carboxylic acids is 2. The summed E-state index contributed by atoms with van der Waals surface area (Å²) in [7, 11) is 1.57. The molecule has 0 radical (unpaired) electrons. The molecule has 24 heavy (non-hydrogen) atoms. The summed E-state index contributed by atoms with van der Waals surface area (Å²) < 4.78 is 10.8. The Bertz CT molecular complexity index is 642. The van der Waals surface area contributed by atoms with E-state index in [4.69, 9.17) is 9.47 Å². The van der Waals surface area contributed by atoms with E-state index in [-0.39, 0.29) is 11.1 Å². The van der Waals surface area contributed by atoms with E-state index in [9.17, 15) is 9.59 Å². The monoisotopic (exact) mass is 349 g/mol. The van der Waals surface area contributed by atoms with Crippen LogP contribution in [0.5, 0.6) is 11.5 Å². The minimum absolute atomic E-state index is 0.194. The van der Waals surface area contributed by atoms with Gasteiger partial charge in [0.05, 0.1) is 18.6 Å². The largest absolute Gasteiger partial charge is 0.493 e. The molecular weight excluding hydrogens is 326 g/mol. The van der Waals surface area contributed by atoms with Crippen molar-refractivity contribution in [3.63, 3.8) is 0 Å². The maximum absolute atomic E-state index is 12.4. The molecular formula is C18H23NO4S. The summed E-state index contributed by atoms with van der Waals surface area (Å²) in [4.78, 5) is 26.2. The first-order valence-corrected chi connectivity index (χ1v) is 8.98. The number of imide groups is 1. The molecule has 1 saturated heterocycles. The van der Waals surface area contributed by atoms with E-state index in [1.165, 1.54) is 4.90 Å². The fourth-order valence-corrected chi connectivity index (χ4v) is 3.28. The van der Waals surface area contributed by atoms with E-state index in [0.717, 1.165) is 36.6 Å².